The van der Waals surface area contributed by atoms with E-state index in [1.807, 2.05) is 60.0 Å². The highest BCUT2D eigenvalue weighted by Crippen LogP contribution is 2.39. The maximum absolute atomic E-state index is 12.5. The Kier molecular flexibility index (Phi) is 3.65. The number of anilines is 2. The Bertz CT molecular complexity index is 1180. The number of thiophene rings is 1. The molecule has 0 aliphatic carbocycles. The molecule has 0 radical (unpaired) electrons. The molecule has 9 heteroatoms. The number of H-pyrrole nitrogens is 1. The average molecular weight is 375 g/mol. The van der Waals surface area contributed by atoms with Crippen LogP contribution in [0.4, 0.5) is 11.6 Å². The minimum atomic E-state index is -0.323. The van der Waals surface area contributed by atoms with Gasteiger partial charge in [0.25, 0.3) is 5.56 Å². The summed E-state index contributed by atoms with van der Waals surface area (Å²) in [4.78, 5) is 13.5. The van der Waals surface area contributed by atoms with Crippen LogP contribution in [0.5, 0.6) is 0 Å². The summed E-state index contributed by atoms with van der Waals surface area (Å²) in [5.74, 6) is 0.426. The van der Waals surface area contributed by atoms with Crippen molar-refractivity contribution in [3.8, 4) is 0 Å². The number of hydrogen-bond donors (Lipinski definition) is 2. The first-order valence-corrected chi connectivity index (χ1v) is 9.13. The summed E-state index contributed by atoms with van der Waals surface area (Å²) >= 11 is 1.58. The van der Waals surface area contributed by atoms with Gasteiger partial charge in [0.2, 0.25) is 5.95 Å². The van der Waals surface area contributed by atoms with Crippen LogP contribution in [0.15, 0.2) is 52.6 Å². The van der Waals surface area contributed by atoms with Crippen molar-refractivity contribution in [1.82, 2.24) is 30.4 Å². The lowest BCUT2D eigenvalue weighted by Crippen LogP contribution is -2.28. The summed E-state index contributed by atoms with van der Waals surface area (Å²) in [6.07, 6.45) is 3.85. The molecule has 8 nitrogen and oxygen atoms in total. The largest absolute Gasteiger partial charge is 0.318 e. The summed E-state index contributed by atoms with van der Waals surface area (Å²) in [7, 11) is 0. The highest BCUT2D eigenvalue weighted by Gasteiger charge is 2.33. The van der Waals surface area contributed by atoms with Gasteiger partial charge in [0.05, 0.1) is 5.69 Å². The summed E-state index contributed by atoms with van der Waals surface area (Å²) in [5.41, 5.74) is 2.54. The van der Waals surface area contributed by atoms with Crippen LogP contribution in [-0.4, -0.2) is 30.4 Å². The van der Waals surface area contributed by atoms with Crippen molar-refractivity contribution in [3.05, 3.63) is 79.9 Å². The van der Waals surface area contributed by atoms with Gasteiger partial charge in [-0.3, -0.25) is 4.79 Å². The van der Waals surface area contributed by atoms with Crippen LogP contribution in [0.2, 0.25) is 0 Å². The van der Waals surface area contributed by atoms with Gasteiger partial charge in [0.15, 0.2) is 0 Å². The van der Waals surface area contributed by atoms with Crippen LogP contribution < -0.4 is 10.9 Å². The highest BCUT2D eigenvalue weighted by molar-refractivity contribution is 7.10. The number of aromatic nitrogens is 6. The van der Waals surface area contributed by atoms with Gasteiger partial charge >= 0.3 is 0 Å². The van der Waals surface area contributed by atoms with E-state index in [0.717, 1.165) is 16.0 Å². The molecule has 0 spiro atoms. The van der Waals surface area contributed by atoms with Gasteiger partial charge in [-0.25, -0.2) is 5.10 Å². The van der Waals surface area contributed by atoms with Crippen molar-refractivity contribution in [2.75, 3.05) is 5.32 Å². The van der Waals surface area contributed by atoms with Crippen LogP contribution >= 0.6 is 11.3 Å². The van der Waals surface area contributed by atoms with Crippen molar-refractivity contribution in [2.45, 2.75) is 6.04 Å². The number of aromatic amines is 1. The standard InChI is InChI=1S/C18H13N7OS/c26-17-15-14(12(20-21-17)9-8-11-5-2-1-3-6-11)16(13-7-4-10-27-13)25-18(19-15)22-23-24-25/h1-10,16H,(H,21,26)(H,19,22,24)/b9-8+/t16-/m0/s1. The molecule has 0 unspecified atom stereocenters. The Morgan fingerprint density at radius 1 is 1.11 bits per heavy atom. The van der Waals surface area contributed by atoms with Crippen LogP contribution in [0.1, 0.15) is 27.7 Å². The van der Waals surface area contributed by atoms with Gasteiger partial charge in [0, 0.05) is 10.4 Å². The monoisotopic (exact) mass is 375 g/mol. The molecule has 4 aromatic rings. The molecule has 2 N–H and O–H groups in total. The molecule has 27 heavy (non-hydrogen) atoms. The molecule has 132 valence electrons. The van der Waals surface area contributed by atoms with Crippen molar-refractivity contribution in [1.29, 1.82) is 0 Å². The third-order valence-electron chi connectivity index (χ3n) is 4.34. The van der Waals surface area contributed by atoms with Crippen molar-refractivity contribution < 1.29 is 0 Å². The Hall–Kier alpha value is -3.59. The van der Waals surface area contributed by atoms with Crippen molar-refractivity contribution in [2.24, 2.45) is 0 Å². The molecule has 5 rings (SSSR count). The maximum atomic E-state index is 12.5. The van der Waals surface area contributed by atoms with Gasteiger partial charge in [-0.15, -0.1) is 11.3 Å². The van der Waals surface area contributed by atoms with Crippen molar-refractivity contribution >= 4 is 35.1 Å². The van der Waals surface area contributed by atoms with Crippen LogP contribution in [0.25, 0.3) is 12.2 Å². The first-order valence-electron chi connectivity index (χ1n) is 8.25. The Morgan fingerprint density at radius 2 is 2.00 bits per heavy atom. The fraction of sp³-hybridized carbons (Fsp3) is 0.0556. The van der Waals surface area contributed by atoms with Gasteiger partial charge < -0.3 is 5.32 Å². The number of tetrazole rings is 1. The number of nitrogens with zero attached hydrogens (tertiary/aromatic N) is 5. The Balaban J connectivity index is 1.71. The summed E-state index contributed by atoms with van der Waals surface area (Å²) in [5, 5.41) is 23.7. The Labute approximate surface area is 157 Å². The molecule has 0 saturated heterocycles. The second-order valence-electron chi connectivity index (χ2n) is 5.96. The minimum Gasteiger partial charge on any atom is -0.318 e. The zero-order valence-corrected chi connectivity index (χ0v) is 14.7. The third kappa shape index (κ3) is 2.64. The molecule has 0 bridgehead atoms. The molecular formula is C18H13N7OS. The van der Waals surface area contributed by atoms with E-state index in [9.17, 15) is 4.79 Å². The average Bonchev–Trinajstić information content (AvgIpc) is 3.39. The zero-order valence-electron chi connectivity index (χ0n) is 13.9. The van der Waals surface area contributed by atoms with E-state index in [1.165, 1.54) is 0 Å². The third-order valence-corrected chi connectivity index (χ3v) is 5.27. The molecular weight excluding hydrogens is 362 g/mol. The molecule has 1 aromatic carbocycles. The number of fused-ring (bicyclic) bond motifs is 2. The predicted octanol–water partition coefficient (Wildman–Crippen LogP) is 2.68. The minimum absolute atomic E-state index is 0.308. The number of benzene rings is 1. The predicted molar refractivity (Wildman–Crippen MR) is 103 cm³/mol. The van der Waals surface area contributed by atoms with Gasteiger partial charge in [-0.05, 0) is 33.5 Å². The van der Waals surface area contributed by atoms with Gasteiger partial charge in [-0.2, -0.15) is 9.78 Å². The lowest BCUT2D eigenvalue weighted by Gasteiger charge is -2.26. The van der Waals surface area contributed by atoms with E-state index < -0.39 is 0 Å². The maximum Gasteiger partial charge on any atom is 0.288 e. The molecule has 1 atom stereocenters. The summed E-state index contributed by atoms with van der Waals surface area (Å²) in [6.45, 7) is 0. The number of hydrogen-bond acceptors (Lipinski definition) is 7. The SMILES string of the molecule is O=c1[nH]nc(/C=C/c2ccccc2)c2c1Nc1nnnn1[C@H]2c1cccs1. The zero-order chi connectivity index (χ0) is 18.2. The first-order chi connectivity index (χ1) is 13.3. The fourth-order valence-corrected chi connectivity index (χ4v) is 3.96. The summed E-state index contributed by atoms with van der Waals surface area (Å²) < 4.78 is 1.68. The molecule has 0 fully saturated rings. The second kappa shape index (κ2) is 6.29. The van der Waals surface area contributed by atoms with E-state index in [-0.39, 0.29) is 11.6 Å². The first kappa shape index (κ1) is 15.6. The molecule has 1 aliphatic rings. The van der Waals surface area contributed by atoms with Gasteiger partial charge in [0.1, 0.15) is 11.7 Å². The molecule has 0 amide bonds. The van der Waals surface area contributed by atoms with Gasteiger partial charge in [-0.1, -0.05) is 47.6 Å². The van der Waals surface area contributed by atoms with Crippen LogP contribution in [0, 0.1) is 0 Å². The smallest absolute Gasteiger partial charge is 0.288 e. The van der Waals surface area contributed by atoms with E-state index in [4.69, 9.17) is 0 Å². The molecule has 4 heterocycles. The lowest BCUT2D eigenvalue weighted by molar-refractivity contribution is 0.572. The quantitative estimate of drug-likeness (QED) is 0.503. The number of rotatable bonds is 3. The fourth-order valence-electron chi connectivity index (χ4n) is 3.14. The number of nitrogens with one attached hydrogen (secondary N) is 2. The van der Waals surface area contributed by atoms with Crippen molar-refractivity contribution in [3.63, 3.8) is 0 Å². The van der Waals surface area contributed by atoms with E-state index >= 15 is 0 Å². The van der Waals surface area contributed by atoms with Crippen LogP contribution in [-0.2, 0) is 0 Å². The highest BCUT2D eigenvalue weighted by atomic mass is 32.1. The normalized spacial score (nSPS) is 15.3. The second-order valence-corrected chi connectivity index (χ2v) is 6.94. The van der Waals surface area contributed by atoms with E-state index in [0.29, 0.717) is 17.3 Å². The lowest BCUT2D eigenvalue weighted by atomic mass is 10.00. The summed E-state index contributed by atoms with van der Waals surface area (Å²) in [6, 6.07) is 13.6. The Morgan fingerprint density at radius 3 is 2.81 bits per heavy atom. The molecule has 1 aliphatic heterocycles. The molecule has 0 saturated carbocycles. The van der Waals surface area contributed by atoms with E-state index in [2.05, 4.69) is 31.0 Å². The topological polar surface area (TPSA) is 101 Å². The van der Waals surface area contributed by atoms with Crippen LogP contribution in [0.3, 0.4) is 0 Å². The van der Waals surface area contributed by atoms with E-state index in [1.54, 1.807) is 16.0 Å². The molecule has 3 aromatic heterocycles.